The number of ether oxygens (including phenoxy) is 2. The minimum absolute atomic E-state index is 0.398. The lowest BCUT2D eigenvalue weighted by molar-refractivity contribution is -0.238. The Balaban J connectivity index is 2.20. The molecule has 0 saturated carbocycles. The molecule has 1 N–H and O–H groups in total. The van der Waals surface area contributed by atoms with E-state index in [1.807, 2.05) is 0 Å². The van der Waals surface area contributed by atoms with Gasteiger partial charge >= 0.3 is 0 Å². The highest BCUT2D eigenvalue weighted by Gasteiger charge is 2.25. The van der Waals surface area contributed by atoms with Crippen LogP contribution in [0.2, 0.25) is 0 Å². The molecule has 3 nitrogen and oxygen atoms in total. The van der Waals surface area contributed by atoms with E-state index in [1.165, 1.54) is 0 Å². The molecule has 1 aliphatic rings. The molecule has 1 aliphatic heterocycles. The van der Waals surface area contributed by atoms with Crippen molar-refractivity contribution in [3.63, 3.8) is 0 Å². The van der Waals surface area contributed by atoms with Crippen LogP contribution in [0.25, 0.3) is 0 Å². The molecule has 0 radical (unpaired) electrons. The van der Waals surface area contributed by atoms with Crippen molar-refractivity contribution in [3.8, 4) is 0 Å². The van der Waals surface area contributed by atoms with E-state index < -0.39 is 12.4 Å². The van der Waals surface area contributed by atoms with Gasteiger partial charge in [-0.3, -0.25) is 0 Å². The molecule has 84 valence electrons. The highest BCUT2D eigenvalue weighted by Crippen LogP contribution is 2.17. The Hall–Kier alpha value is -0.120. The summed E-state index contributed by atoms with van der Waals surface area (Å²) in [5.74, 6) is 1.07. The number of aliphatic hydroxyl groups excluding tert-OH is 1. The first-order valence-electron chi connectivity index (χ1n) is 5.51. The van der Waals surface area contributed by atoms with Crippen molar-refractivity contribution in [3.05, 3.63) is 0 Å². The minimum Gasteiger partial charge on any atom is -0.388 e. The molecular formula is C11H22O3. The first-order chi connectivity index (χ1) is 6.59. The SMILES string of the molecule is CC(C)CCC(O)C1OCC(C)CO1. The van der Waals surface area contributed by atoms with Crippen molar-refractivity contribution < 1.29 is 14.6 Å². The molecule has 0 spiro atoms. The summed E-state index contributed by atoms with van der Waals surface area (Å²) < 4.78 is 10.8. The van der Waals surface area contributed by atoms with Gasteiger partial charge in [0, 0.05) is 5.92 Å². The van der Waals surface area contributed by atoms with E-state index in [0.717, 1.165) is 12.8 Å². The number of hydrogen-bond acceptors (Lipinski definition) is 3. The van der Waals surface area contributed by atoms with Crippen LogP contribution < -0.4 is 0 Å². The number of rotatable bonds is 4. The Morgan fingerprint density at radius 3 is 2.29 bits per heavy atom. The highest BCUT2D eigenvalue weighted by atomic mass is 16.7. The van der Waals surface area contributed by atoms with Gasteiger partial charge in [0.25, 0.3) is 0 Å². The quantitative estimate of drug-likeness (QED) is 0.755. The normalized spacial score (nSPS) is 30.6. The summed E-state index contributed by atoms with van der Waals surface area (Å²) in [4.78, 5) is 0. The van der Waals surface area contributed by atoms with Crippen molar-refractivity contribution in [2.45, 2.75) is 46.0 Å². The number of aliphatic hydroxyl groups is 1. The largest absolute Gasteiger partial charge is 0.388 e. The van der Waals surface area contributed by atoms with Gasteiger partial charge < -0.3 is 14.6 Å². The predicted molar refractivity (Wildman–Crippen MR) is 54.9 cm³/mol. The van der Waals surface area contributed by atoms with Crippen molar-refractivity contribution in [1.29, 1.82) is 0 Å². The molecule has 1 unspecified atom stereocenters. The average molecular weight is 202 g/mol. The monoisotopic (exact) mass is 202 g/mol. The van der Waals surface area contributed by atoms with Crippen molar-refractivity contribution >= 4 is 0 Å². The predicted octanol–water partition coefficient (Wildman–Crippen LogP) is 1.79. The van der Waals surface area contributed by atoms with E-state index in [-0.39, 0.29) is 0 Å². The lowest BCUT2D eigenvalue weighted by Gasteiger charge is -2.30. The van der Waals surface area contributed by atoms with Crippen LogP contribution in [0.3, 0.4) is 0 Å². The van der Waals surface area contributed by atoms with Crippen LogP contribution in [0.1, 0.15) is 33.6 Å². The van der Waals surface area contributed by atoms with Gasteiger partial charge in [-0.05, 0) is 18.8 Å². The molecule has 0 aromatic heterocycles. The van der Waals surface area contributed by atoms with Crippen LogP contribution in [-0.2, 0) is 9.47 Å². The van der Waals surface area contributed by atoms with E-state index in [0.29, 0.717) is 25.0 Å². The molecule has 1 atom stereocenters. The fraction of sp³-hybridized carbons (Fsp3) is 1.00. The fourth-order valence-corrected chi connectivity index (χ4v) is 1.48. The lowest BCUT2D eigenvalue weighted by Crippen LogP contribution is -2.39. The molecule has 1 saturated heterocycles. The van der Waals surface area contributed by atoms with E-state index in [2.05, 4.69) is 20.8 Å². The van der Waals surface area contributed by atoms with Gasteiger partial charge in [-0.1, -0.05) is 20.8 Å². The third-order valence-corrected chi connectivity index (χ3v) is 2.44. The molecule has 1 fully saturated rings. The summed E-state index contributed by atoms with van der Waals surface area (Å²) >= 11 is 0. The minimum atomic E-state index is -0.468. The van der Waals surface area contributed by atoms with Crippen molar-refractivity contribution in [2.75, 3.05) is 13.2 Å². The van der Waals surface area contributed by atoms with Gasteiger partial charge in [0.05, 0.1) is 13.2 Å². The average Bonchev–Trinajstić information content (AvgIpc) is 2.15. The van der Waals surface area contributed by atoms with Gasteiger partial charge in [0.15, 0.2) is 6.29 Å². The van der Waals surface area contributed by atoms with Gasteiger partial charge in [0.1, 0.15) is 6.10 Å². The fourth-order valence-electron chi connectivity index (χ4n) is 1.48. The second-order valence-corrected chi connectivity index (χ2v) is 4.68. The smallest absolute Gasteiger partial charge is 0.183 e. The summed E-state index contributed by atoms with van der Waals surface area (Å²) in [5.41, 5.74) is 0. The molecule has 0 aromatic rings. The molecule has 3 heteroatoms. The van der Waals surface area contributed by atoms with E-state index in [9.17, 15) is 5.11 Å². The third kappa shape index (κ3) is 3.95. The van der Waals surface area contributed by atoms with E-state index in [4.69, 9.17) is 9.47 Å². The Morgan fingerprint density at radius 2 is 1.79 bits per heavy atom. The Bertz CT molecular complexity index is 151. The zero-order chi connectivity index (χ0) is 10.6. The maximum Gasteiger partial charge on any atom is 0.183 e. The first-order valence-corrected chi connectivity index (χ1v) is 5.51. The third-order valence-electron chi connectivity index (χ3n) is 2.44. The molecule has 0 amide bonds. The zero-order valence-electron chi connectivity index (χ0n) is 9.40. The van der Waals surface area contributed by atoms with Crippen LogP contribution in [0, 0.1) is 11.8 Å². The van der Waals surface area contributed by atoms with E-state index >= 15 is 0 Å². The second kappa shape index (κ2) is 5.69. The number of hydrogen-bond donors (Lipinski definition) is 1. The molecule has 0 aliphatic carbocycles. The summed E-state index contributed by atoms with van der Waals surface area (Å²) in [6, 6.07) is 0. The second-order valence-electron chi connectivity index (χ2n) is 4.68. The van der Waals surface area contributed by atoms with Gasteiger partial charge in [-0.2, -0.15) is 0 Å². The summed E-state index contributed by atoms with van der Waals surface area (Å²) in [6.07, 6.45) is 0.909. The van der Waals surface area contributed by atoms with Crippen LogP contribution in [0.4, 0.5) is 0 Å². The topological polar surface area (TPSA) is 38.7 Å². The van der Waals surface area contributed by atoms with Crippen molar-refractivity contribution in [1.82, 2.24) is 0 Å². The maximum absolute atomic E-state index is 9.76. The van der Waals surface area contributed by atoms with Gasteiger partial charge in [-0.15, -0.1) is 0 Å². The molecule has 0 aromatic carbocycles. The summed E-state index contributed by atoms with van der Waals surface area (Å²) in [6.45, 7) is 7.78. The highest BCUT2D eigenvalue weighted by molar-refractivity contribution is 4.66. The molecule has 1 rings (SSSR count). The van der Waals surface area contributed by atoms with Crippen LogP contribution in [0.5, 0.6) is 0 Å². The molecule has 1 heterocycles. The first kappa shape index (κ1) is 12.0. The van der Waals surface area contributed by atoms with Crippen LogP contribution >= 0.6 is 0 Å². The van der Waals surface area contributed by atoms with Gasteiger partial charge in [-0.25, -0.2) is 0 Å². The summed E-state index contributed by atoms with van der Waals surface area (Å²) in [7, 11) is 0. The zero-order valence-corrected chi connectivity index (χ0v) is 9.40. The van der Waals surface area contributed by atoms with Crippen LogP contribution in [0.15, 0.2) is 0 Å². The molecule has 14 heavy (non-hydrogen) atoms. The maximum atomic E-state index is 9.76. The lowest BCUT2D eigenvalue weighted by atomic mass is 10.0. The molecule has 0 bridgehead atoms. The Kier molecular flexibility index (Phi) is 4.85. The Labute approximate surface area is 86.4 Å². The van der Waals surface area contributed by atoms with E-state index in [1.54, 1.807) is 0 Å². The summed E-state index contributed by atoms with van der Waals surface area (Å²) in [5, 5.41) is 9.76. The van der Waals surface area contributed by atoms with Crippen molar-refractivity contribution in [2.24, 2.45) is 11.8 Å². The Morgan fingerprint density at radius 1 is 1.21 bits per heavy atom. The molecular weight excluding hydrogens is 180 g/mol. The van der Waals surface area contributed by atoms with Crippen LogP contribution in [-0.4, -0.2) is 30.7 Å². The van der Waals surface area contributed by atoms with Gasteiger partial charge in [0.2, 0.25) is 0 Å². The standard InChI is InChI=1S/C11H22O3/c1-8(2)4-5-10(12)11-13-6-9(3)7-14-11/h8-12H,4-7H2,1-3H3.